The molecule has 1 aromatic rings. The molecule has 0 aliphatic heterocycles. The summed E-state index contributed by atoms with van der Waals surface area (Å²) in [5.74, 6) is 0.858. The van der Waals surface area contributed by atoms with Crippen LogP contribution in [0, 0.1) is 0 Å². The molecule has 0 atom stereocenters. The summed E-state index contributed by atoms with van der Waals surface area (Å²) in [6, 6.07) is 2.85. The van der Waals surface area contributed by atoms with Gasteiger partial charge < -0.3 is 14.2 Å². The van der Waals surface area contributed by atoms with Crippen LogP contribution in [0.4, 0.5) is 0 Å². The molecule has 0 spiro atoms. The summed E-state index contributed by atoms with van der Waals surface area (Å²) < 4.78 is 41.8. The van der Waals surface area contributed by atoms with E-state index in [1.54, 1.807) is 0 Å². The van der Waals surface area contributed by atoms with Gasteiger partial charge in [-0.1, -0.05) is 0 Å². The van der Waals surface area contributed by atoms with Crippen LogP contribution in [0.3, 0.4) is 0 Å². The van der Waals surface area contributed by atoms with Crippen molar-refractivity contribution in [3.8, 4) is 11.5 Å². The number of halogens is 1. The van der Waals surface area contributed by atoms with E-state index in [-0.39, 0.29) is 23.9 Å². The molecule has 0 amide bonds. The minimum absolute atomic E-state index is 0.0712. The standard InChI is InChI=1S/C12H18ClNO5S/c1-17-5-4-14-20(15,16)10-6-9(8-13)12(19-3)11(7-10)18-2/h6-7,14H,4-5,8H2,1-3H3. The van der Waals surface area contributed by atoms with Gasteiger partial charge in [-0.2, -0.15) is 0 Å². The molecule has 1 aromatic carbocycles. The average Bonchev–Trinajstić information content (AvgIpc) is 2.45. The Morgan fingerprint density at radius 3 is 2.40 bits per heavy atom. The first-order valence-corrected chi connectivity index (χ1v) is 7.81. The molecule has 0 radical (unpaired) electrons. The zero-order valence-electron chi connectivity index (χ0n) is 11.6. The Kier molecular flexibility index (Phi) is 6.54. The fourth-order valence-corrected chi connectivity index (χ4v) is 2.91. The predicted molar refractivity (Wildman–Crippen MR) is 76.2 cm³/mol. The highest BCUT2D eigenvalue weighted by Crippen LogP contribution is 2.34. The van der Waals surface area contributed by atoms with Crippen molar-refractivity contribution in [2.45, 2.75) is 10.8 Å². The van der Waals surface area contributed by atoms with E-state index in [1.165, 1.54) is 33.5 Å². The van der Waals surface area contributed by atoms with Crippen LogP contribution in [0.25, 0.3) is 0 Å². The third kappa shape index (κ3) is 3.99. The lowest BCUT2D eigenvalue weighted by molar-refractivity contribution is 0.204. The van der Waals surface area contributed by atoms with Crippen LogP contribution >= 0.6 is 11.6 Å². The van der Waals surface area contributed by atoms with E-state index in [4.69, 9.17) is 25.8 Å². The van der Waals surface area contributed by atoms with Crippen LogP contribution < -0.4 is 14.2 Å². The van der Waals surface area contributed by atoms with Gasteiger partial charge in [-0.25, -0.2) is 13.1 Å². The molecule has 1 rings (SSSR count). The second-order valence-electron chi connectivity index (χ2n) is 3.84. The Balaban J connectivity index is 3.18. The SMILES string of the molecule is COCCNS(=O)(=O)c1cc(CCl)c(OC)c(OC)c1. The molecule has 8 heteroatoms. The normalized spacial score (nSPS) is 11.4. The van der Waals surface area contributed by atoms with Gasteiger partial charge in [-0.05, 0) is 6.07 Å². The summed E-state index contributed by atoms with van der Waals surface area (Å²) >= 11 is 5.82. The number of alkyl halides is 1. The summed E-state index contributed by atoms with van der Waals surface area (Å²) in [5, 5.41) is 0. The quantitative estimate of drug-likeness (QED) is 0.577. The number of nitrogens with one attached hydrogen (secondary N) is 1. The van der Waals surface area contributed by atoms with E-state index in [0.29, 0.717) is 17.1 Å². The minimum atomic E-state index is -3.65. The lowest BCUT2D eigenvalue weighted by Crippen LogP contribution is -2.27. The summed E-state index contributed by atoms with van der Waals surface area (Å²) in [7, 11) is 0.756. The molecule has 114 valence electrons. The summed E-state index contributed by atoms with van der Waals surface area (Å²) in [4.78, 5) is 0.0712. The molecule has 0 heterocycles. The van der Waals surface area contributed by atoms with E-state index in [9.17, 15) is 8.42 Å². The van der Waals surface area contributed by atoms with Crippen molar-refractivity contribution < 1.29 is 22.6 Å². The molecule has 0 fully saturated rings. The first-order valence-electron chi connectivity index (χ1n) is 5.79. The molecular weight excluding hydrogens is 306 g/mol. The molecule has 0 unspecified atom stereocenters. The highest BCUT2D eigenvalue weighted by molar-refractivity contribution is 7.89. The van der Waals surface area contributed by atoms with Gasteiger partial charge in [0.2, 0.25) is 10.0 Å². The number of hydrogen-bond donors (Lipinski definition) is 1. The van der Waals surface area contributed by atoms with Gasteiger partial charge in [0.05, 0.1) is 31.6 Å². The zero-order valence-corrected chi connectivity index (χ0v) is 13.2. The van der Waals surface area contributed by atoms with Crippen LogP contribution in [0.5, 0.6) is 11.5 Å². The van der Waals surface area contributed by atoms with E-state index >= 15 is 0 Å². The fraction of sp³-hybridized carbons (Fsp3) is 0.500. The van der Waals surface area contributed by atoms with Crippen molar-refractivity contribution in [1.29, 1.82) is 0 Å². The number of rotatable bonds is 8. The molecule has 20 heavy (non-hydrogen) atoms. The molecule has 0 saturated heterocycles. The van der Waals surface area contributed by atoms with Gasteiger partial charge >= 0.3 is 0 Å². The van der Waals surface area contributed by atoms with E-state index in [1.807, 2.05) is 0 Å². The molecule has 0 bridgehead atoms. The van der Waals surface area contributed by atoms with E-state index in [2.05, 4.69) is 4.72 Å². The second kappa shape index (κ2) is 7.68. The topological polar surface area (TPSA) is 73.9 Å². The highest BCUT2D eigenvalue weighted by atomic mass is 35.5. The maximum absolute atomic E-state index is 12.1. The number of sulfonamides is 1. The summed E-state index contributed by atoms with van der Waals surface area (Å²) in [5.41, 5.74) is 0.542. The van der Waals surface area contributed by atoms with Crippen LogP contribution in [-0.2, 0) is 20.6 Å². The van der Waals surface area contributed by atoms with Gasteiger partial charge in [0.15, 0.2) is 11.5 Å². The Bertz CT molecular complexity index is 522. The smallest absolute Gasteiger partial charge is 0.240 e. The van der Waals surface area contributed by atoms with Gasteiger partial charge in [0.1, 0.15) is 0 Å². The van der Waals surface area contributed by atoms with Crippen LogP contribution in [0.15, 0.2) is 17.0 Å². The van der Waals surface area contributed by atoms with Crippen molar-refractivity contribution in [3.63, 3.8) is 0 Å². The average molecular weight is 324 g/mol. The Labute approximate surface area is 124 Å². The molecular formula is C12H18ClNO5S. The van der Waals surface area contributed by atoms with Crippen molar-refractivity contribution in [2.75, 3.05) is 34.5 Å². The van der Waals surface area contributed by atoms with Crippen molar-refractivity contribution in [3.05, 3.63) is 17.7 Å². The van der Waals surface area contributed by atoms with Crippen molar-refractivity contribution >= 4 is 21.6 Å². The van der Waals surface area contributed by atoms with Crippen LogP contribution in [0.2, 0.25) is 0 Å². The lowest BCUT2D eigenvalue weighted by atomic mass is 10.2. The van der Waals surface area contributed by atoms with Crippen molar-refractivity contribution in [2.24, 2.45) is 0 Å². The summed E-state index contributed by atoms with van der Waals surface area (Å²) in [6.07, 6.45) is 0. The number of benzene rings is 1. The van der Waals surface area contributed by atoms with E-state index in [0.717, 1.165) is 0 Å². The zero-order chi connectivity index (χ0) is 15.2. The fourth-order valence-electron chi connectivity index (χ4n) is 1.63. The number of ether oxygens (including phenoxy) is 3. The summed E-state index contributed by atoms with van der Waals surface area (Å²) in [6.45, 7) is 0.471. The molecule has 6 nitrogen and oxygen atoms in total. The third-order valence-electron chi connectivity index (χ3n) is 2.58. The predicted octanol–water partition coefficient (Wildman–Crippen LogP) is 1.37. The number of methoxy groups -OCH3 is 3. The van der Waals surface area contributed by atoms with Gasteiger partial charge in [-0.15, -0.1) is 11.6 Å². The van der Waals surface area contributed by atoms with Gasteiger partial charge in [-0.3, -0.25) is 0 Å². The molecule has 1 N–H and O–H groups in total. The van der Waals surface area contributed by atoms with Gasteiger partial charge in [0.25, 0.3) is 0 Å². The third-order valence-corrected chi connectivity index (χ3v) is 4.31. The Hall–Kier alpha value is -1.02. The Morgan fingerprint density at radius 2 is 1.90 bits per heavy atom. The largest absolute Gasteiger partial charge is 0.493 e. The number of hydrogen-bond acceptors (Lipinski definition) is 5. The maximum Gasteiger partial charge on any atom is 0.240 e. The molecule has 0 saturated carbocycles. The highest BCUT2D eigenvalue weighted by Gasteiger charge is 2.19. The minimum Gasteiger partial charge on any atom is -0.493 e. The lowest BCUT2D eigenvalue weighted by Gasteiger charge is -2.14. The monoisotopic (exact) mass is 323 g/mol. The Morgan fingerprint density at radius 1 is 1.20 bits per heavy atom. The van der Waals surface area contributed by atoms with Gasteiger partial charge in [0, 0.05) is 25.3 Å². The maximum atomic E-state index is 12.1. The van der Waals surface area contributed by atoms with Crippen LogP contribution in [0.1, 0.15) is 5.56 Å². The molecule has 0 aliphatic carbocycles. The second-order valence-corrected chi connectivity index (χ2v) is 5.88. The first-order chi connectivity index (χ1) is 9.50. The van der Waals surface area contributed by atoms with Crippen LogP contribution in [-0.4, -0.2) is 42.9 Å². The van der Waals surface area contributed by atoms with E-state index < -0.39 is 10.0 Å². The molecule has 0 aromatic heterocycles. The first kappa shape index (κ1) is 17.0. The molecule has 0 aliphatic rings. The van der Waals surface area contributed by atoms with Crippen molar-refractivity contribution in [1.82, 2.24) is 4.72 Å².